The Morgan fingerprint density at radius 2 is 1.91 bits per heavy atom. The van der Waals surface area contributed by atoms with E-state index in [1.807, 2.05) is 6.07 Å². The summed E-state index contributed by atoms with van der Waals surface area (Å²) in [5.41, 5.74) is 3.47. The summed E-state index contributed by atoms with van der Waals surface area (Å²) < 4.78 is 0. The number of aromatic nitrogens is 2. The van der Waals surface area contributed by atoms with Crippen molar-refractivity contribution in [2.75, 3.05) is 18.4 Å². The van der Waals surface area contributed by atoms with Gasteiger partial charge in [-0.1, -0.05) is 18.2 Å². The molecule has 2 aliphatic rings. The van der Waals surface area contributed by atoms with Gasteiger partial charge < -0.3 is 5.32 Å². The van der Waals surface area contributed by atoms with E-state index in [1.165, 1.54) is 44.3 Å². The van der Waals surface area contributed by atoms with Gasteiger partial charge in [0.1, 0.15) is 5.82 Å². The van der Waals surface area contributed by atoms with E-state index in [1.54, 1.807) is 0 Å². The highest BCUT2D eigenvalue weighted by atomic mass is 15.2. The van der Waals surface area contributed by atoms with Crippen LogP contribution in [0.3, 0.4) is 0 Å². The Kier molecular flexibility index (Phi) is 4.00. The van der Waals surface area contributed by atoms with Crippen LogP contribution in [0.15, 0.2) is 36.4 Å². The Morgan fingerprint density at radius 3 is 2.61 bits per heavy atom. The summed E-state index contributed by atoms with van der Waals surface area (Å²) in [7, 11) is 0. The second-order valence-corrected chi connectivity index (χ2v) is 6.77. The van der Waals surface area contributed by atoms with Crippen molar-refractivity contribution in [2.24, 2.45) is 0 Å². The maximum Gasteiger partial charge on any atom is 0.148 e. The van der Waals surface area contributed by atoms with E-state index in [0.717, 1.165) is 17.1 Å². The number of likely N-dealkylation sites (tertiary alicyclic amines) is 1. The highest BCUT2D eigenvalue weighted by Crippen LogP contribution is 2.28. The molecule has 1 N–H and O–H groups in total. The lowest BCUT2D eigenvalue weighted by molar-refractivity contribution is 0.263. The first-order valence-electron chi connectivity index (χ1n) is 8.74. The van der Waals surface area contributed by atoms with Crippen LogP contribution in [0.4, 0.5) is 5.82 Å². The van der Waals surface area contributed by atoms with Crippen molar-refractivity contribution in [2.45, 2.75) is 44.7 Å². The molecule has 1 saturated carbocycles. The molecule has 0 radical (unpaired) electrons. The van der Waals surface area contributed by atoms with Crippen molar-refractivity contribution in [3.8, 4) is 11.3 Å². The summed E-state index contributed by atoms with van der Waals surface area (Å²) in [5.74, 6) is 0.887. The number of benzene rings is 1. The quantitative estimate of drug-likeness (QED) is 0.910. The molecule has 1 saturated heterocycles. The zero-order valence-corrected chi connectivity index (χ0v) is 13.7. The maximum absolute atomic E-state index is 4.40. The van der Waals surface area contributed by atoms with E-state index in [4.69, 9.17) is 0 Å². The molecule has 1 aromatic heterocycles. The molecule has 2 heterocycles. The van der Waals surface area contributed by atoms with E-state index in [9.17, 15) is 0 Å². The van der Waals surface area contributed by atoms with Crippen LogP contribution in [0.1, 0.15) is 44.2 Å². The van der Waals surface area contributed by atoms with Gasteiger partial charge in [0.15, 0.2) is 0 Å². The zero-order chi connectivity index (χ0) is 15.6. The summed E-state index contributed by atoms with van der Waals surface area (Å²) in [6.45, 7) is 4.73. The van der Waals surface area contributed by atoms with Gasteiger partial charge in [0.2, 0.25) is 0 Å². The molecule has 0 amide bonds. The Bertz CT molecular complexity index is 657. The van der Waals surface area contributed by atoms with Gasteiger partial charge in [-0.3, -0.25) is 4.90 Å². The number of hydrogen-bond acceptors (Lipinski definition) is 4. The Morgan fingerprint density at radius 1 is 1.09 bits per heavy atom. The fourth-order valence-corrected chi connectivity index (χ4v) is 3.30. The maximum atomic E-state index is 4.40. The molecular weight excluding hydrogens is 284 g/mol. The zero-order valence-electron chi connectivity index (χ0n) is 13.7. The first-order chi connectivity index (χ1) is 11.3. The third kappa shape index (κ3) is 3.37. The van der Waals surface area contributed by atoms with Crippen molar-refractivity contribution in [3.05, 3.63) is 42.0 Å². The van der Waals surface area contributed by atoms with Crippen molar-refractivity contribution in [1.29, 1.82) is 0 Å². The topological polar surface area (TPSA) is 41.1 Å². The lowest BCUT2D eigenvalue weighted by Gasteiger charge is -2.24. The van der Waals surface area contributed by atoms with Crippen molar-refractivity contribution >= 4 is 5.82 Å². The third-order valence-electron chi connectivity index (χ3n) is 4.95. The average molecular weight is 308 g/mol. The number of rotatable bonds is 5. The van der Waals surface area contributed by atoms with E-state index in [-0.39, 0.29) is 0 Å². The largest absolute Gasteiger partial charge is 0.366 e. The molecule has 1 aliphatic heterocycles. The molecule has 1 aromatic carbocycles. The lowest BCUT2D eigenvalue weighted by atomic mass is 10.0. The van der Waals surface area contributed by atoms with Crippen molar-refractivity contribution < 1.29 is 0 Å². The predicted octanol–water partition coefficient (Wildman–Crippen LogP) is 3.87. The van der Waals surface area contributed by atoms with Gasteiger partial charge in [-0.25, -0.2) is 0 Å². The summed E-state index contributed by atoms with van der Waals surface area (Å²) in [6.07, 6.45) is 5.15. The monoisotopic (exact) mass is 308 g/mol. The molecule has 2 fully saturated rings. The molecule has 0 unspecified atom stereocenters. The van der Waals surface area contributed by atoms with Gasteiger partial charge in [0, 0.05) is 17.6 Å². The first kappa shape index (κ1) is 14.6. The van der Waals surface area contributed by atoms with Crippen LogP contribution in [0.25, 0.3) is 11.3 Å². The molecule has 0 bridgehead atoms. The molecule has 4 nitrogen and oxygen atoms in total. The summed E-state index contributed by atoms with van der Waals surface area (Å²) >= 11 is 0. The SMILES string of the molecule is C[C@@H](c1cccc(-c2ccc(NC3CC3)nn2)c1)N1CCCC1. The molecule has 120 valence electrons. The normalized spacial score (nSPS) is 19.7. The van der Waals surface area contributed by atoms with Crippen LogP contribution in [0, 0.1) is 0 Å². The summed E-state index contributed by atoms with van der Waals surface area (Å²) in [5, 5.41) is 12.1. The average Bonchev–Trinajstić information content (AvgIpc) is 3.24. The molecule has 1 atom stereocenters. The number of nitrogens with zero attached hydrogens (tertiary/aromatic N) is 3. The molecule has 23 heavy (non-hydrogen) atoms. The third-order valence-corrected chi connectivity index (χ3v) is 4.95. The fraction of sp³-hybridized carbons (Fsp3) is 0.474. The molecular formula is C19H24N4. The first-order valence-corrected chi connectivity index (χ1v) is 8.74. The number of hydrogen-bond donors (Lipinski definition) is 1. The van der Waals surface area contributed by atoms with Crippen LogP contribution in [0.5, 0.6) is 0 Å². The van der Waals surface area contributed by atoms with E-state index in [0.29, 0.717) is 12.1 Å². The van der Waals surface area contributed by atoms with E-state index in [2.05, 4.69) is 57.7 Å². The standard InChI is InChI=1S/C19H24N4/c1-14(23-11-2-3-12-23)15-5-4-6-16(13-15)18-9-10-19(22-21-18)20-17-7-8-17/h4-6,9-10,13-14,17H,2-3,7-8,11-12H2,1H3,(H,20,22)/t14-/m0/s1. The number of anilines is 1. The van der Waals surface area contributed by atoms with Crippen LogP contribution in [0.2, 0.25) is 0 Å². The molecule has 0 spiro atoms. The Labute approximate surface area is 137 Å². The fourth-order valence-electron chi connectivity index (χ4n) is 3.30. The van der Waals surface area contributed by atoms with Crippen molar-refractivity contribution in [1.82, 2.24) is 15.1 Å². The predicted molar refractivity (Wildman–Crippen MR) is 93.3 cm³/mol. The Hall–Kier alpha value is -1.94. The smallest absolute Gasteiger partial charge is 0.148 e. The second-order valence-electron chi connectivity index (χ2n) is 6.77. The van der Waals surface area contributed by atoms with E-state index >= 15 is 0 Å². The van der Waals surface area contributed by atoms with Gasteiger partial charge >= 0.3 is 0 Å². The van der Waals surface area contributed by atoms with E-state index < -0.39 is 0 Å². The highest BCUT2D eigenvalue weighted by molar-refractivity contribution is 5.60. The Balaban J connectivity index is 1.52. The van der Waals surface area contributed by atoms with Gasteiger partial charge in [-0.05, 0) is 69.5 Å². The minimum Gasteiger partial charge on any atom is -0.366 e. The van der Waals surface area contributed by atoms with Crippen molar-refractivity contribution in [3.63, 3.8) is 0 Å². The molecule has 1 aliphatic carbocycles. The van der Waals surface area contributed by atoms with Crippen LogP contribution in [-0.2, 0) is 0 Å². The van der Waals surface area contributed by atoms with Gasteiger partial charge in [0.25, 0.3) is 0 Å². The highest BCUT2D eigenvalue weighted by Gasteiger charge is 2.21. The molecule has 2 aromatic rings. The molecule has 4 rings (SSSR count). The van der Waals surface area contributed by atoms with Crippen LogP contribution in [-0.4, -0.2) is 34.2 Å². The minimum atomic E-state index is 0.473. The molecule has 4 heteroatoms. The lowest BCUT2D eigenvalue weighted by Crippen LogP contribution is -2.23. The summed E-state index contributed by atoms with van der Waals surface area (Å²) in [4.78, 5) is 2.56. The van der Waals surface area contributed by atoms with Gasteiger partial charge in [0.05, 0.1) is 5.69 Å². The van der Waals surface area contributed by atoms with Crippen LogP contribution < -0.4 is 5.32 Å². The number of nitrogens with one attached hydrogen (secondary N) is 1. The summed E-state index contributed by atoms with van der Waals surface area (Å²) in [6, 6.07) is 13.9. The minimum absolute atomic E-state index is 0.473. The second kappa shape index (κ2) is 6.28. The van der Waals surface area contributed by atoms with Crippen LogP contribution >= 0.6 is 0 Å². The van der Waals surface area contributed by atoms with Gasteiger partial charge in [-0.2, -0.15) is 0 Å². The van der Waals surface area contributed by atoms with Gasteiger partial charge in [-0.15, -0.1) is 10.2 Å².